The van der Waals surface area contributed by atoms with Crippen LogP contribution in [0.25, 0.3) is 0 Å². The number of rotatable bonds is 12. The normalized spacial score (nSPS) is 11.9. The van der Waals surface area contributed by atoms with Gasteiger partial charge >= 0.3 is 0 Å². The van der Waals surface area contributed by atoms with Gasteiger partial charge in [-0.1, -0.05) is 13.8 Å². The number of nitrogens with zero attached hydrogens (tertiary/aromatic N) is 2. The van der Waals surface area contributed by atoms with Crippen LogP contribution in [-0.4, -0.2) is 62.1 Å². The van der Waals surface area contributed by atoms with E-state index >= 15 is 0 Å². The van der Waals surface area contributed by atoms with E-state index in [1.165, 1.54) is 31.6 Å². The van der Waals surface area contributed by atoms with Crippen LogP contribution in [0.2, 0.25) is 0 Å². The molecule has 0 unspecified atom stereocenters. The van der Waals surface area contributed by atoms with Gasteiger partial charge in [0.05, 0.1) is 0 Å². The van der Waals surface area contributed by atoms with E-state index in [1.807, 2.05) is 11.8 Å². The van der Waals surface area contributed by atoms with Crippen molar-refractivity contribution in [3.8, 4) is 0 Å². The van der Waals surface area contributed by atoms with Crippen LogP contribution in [0.4, 0.5) is 0 Å². The molecule has 0 atom stereocenters. The van der Waals surface area contributed by atoms with E-state index in [-0.39, 0.29) is 0 Å². The van der Waals surface area contributed by atoms with Crippen LogP contribution >= 0.6 is 11.8 Å². The Bertz CT molecular complexity index is 234. The lowest BCUT2D eigenvalue weighted by Crippen LogP contribution is -2.41. The first-order chi connectivity index (χ1) is 9.78. The van der Waals surface area contributed by atoms with Crippen LogP contribution < -0.4 is 10.6 Å². The first kappa shape index (κ1) is 19.6. The second-order valence-corrected chi connectivity index (χ2v) is 5.81. The third-order valence-electron chi connectivity index (χ3n) is 3.08. The number of guanidine groups is 1. The van der Waals surface area contributed by atoms with Crippen LogP contribution in [0.3, 0.4) is 0 Å². The lowest BCUT2D eigenvalue weighted by Gasteiger charge is -2.20. The summed E-state index contributed by atoms with van der Waals surface area (Å²) in [5, 5.41) is 6.74. The number of nitrogens with one attached hydrogen (secondary N) is 2. The van der Waals surface area contributed by atoms with E-state index in [9.17, 15) is 0 Å². The quantitative estimate of drug-likeness (QED) is 0.330. The van der Waals surface area contributed by atoms with Gasteiger partial charge in [0, 0.05) is 26.2 Å². The molecule has 0 aliphatic heterocycles. The maximum atomic E-state index is 4.62. The second kappa shape index (κ2) is 15.0. The topological polar surface area (TPSA) is 39.7 Å². The molecule has 0 aromatic heterocycles. The summed E-state index contributed by atoms with van der Waals surface area (Å²) in [6.45, 7) is 12.8. The molecule has 0 radical (unpaired) electrons. The van der Waals surface area contributed by atoms with E-state index in [1.54, 1.807) is 0 Å². The highest BCUT2D eigenvalue weighted by Crippen LogP contribution is 1.99. The fourth-order valence-electron chi connectivity index (χ4n) is 1.97. The number of thioether (sulfide) groups is 1. The van der Waals surface area contributed by atoms with Crippen molar-refractivity contribution in [3.05, 3.63) is 0 Å². The summed E-state index contributed by atoms with van der Waals surface area (Å²) in [7, 11) is 0. The number of hydrogen-bond acceptors (Lipinski definition) is 3. The lowest BCUT2D eigenvalue weighted by molar-refractivity contribution is 0.293. The molecule has 2 N–H and O–H groups in total. The van der Waals surface area contributed by atoms with Gasteiger partial charge in [-0.05, 0) is 51.3 Å². The van der Waals surface area contributed by atoms with Crippen molar-refractivity contribution in [1.29, 1.82) is 0 Å². The Morgan fingerprint density at radius 3 is 2.50 bits per heavy atom. The predicted octanol–water partition coefficient (Wildman–Crippen LogP) is 2.42. The third-order valence-corrected chi connectivity index (χ3v) is 3.78. The first-order valence-corrected chi connectivity index (χ1v) is 9.41. The molecular weight excluding hydrogens is 268 g/mol. The molecule has 0 aromatic carbocycles. The minimum Gasteiger partial charge on any atom is -0.357 e. The van der Waals surface area contributed by atoms with Crippen molar-refractivity contribution < 1.29 is 0 Å². The predicted molar refractivity (Wildman–Crippen MR) is 94.0 cm³/mol. The third kappa shape index (κ3) is 11.4. The standard InChI is InChI=1S/C15H34N4S/c1-5-12-19(7-3)13-11-18-15(16-6-2)17-10-8-9-14-20-4/h5-14H2,1-4H3,(H2,16,17,18). The maximum absolute atomic E-state index is 4.62. The number of unbranched alkanes of at least 4 members (excludes halogenated alkanes) is 1. The van der Waals surface area contributed by atoms with Gasteiger partial charge in [-0.15, -0.1) is 0 Å². The number of likely N-dealkylation sites (N-methyl/N-ethyl adjacent to an activating group) is 1. The summed E-state index contributed by atoms with van der Waals surface area (Å²) in [6.07, 6.45) is 5.81. The highest BCUT2D eigenvalue weighted by atomic mass is 32.2. The van der Waals surface area contributed by atoms with Crippen molar-refractivity contribution in [3.63, 3.8) is 0 Å². The maximum Gasteiger partial charge on any atom is 0.191 e. The van der Waals surface area contributed by atoms with Crippen LogP contribution in [0.15, 0.2) is 4.99 Å². The summed E-state index contributed by atoms with van der Waals surface area (Å²) in [6, 6.07) is 0. The fraction of sp³-hybridized carbons (Fsp3) is 0.933. The van der Waals surface area contributed by atoms with E-state index < -0.39 is 0 Å². The molecule has 0 amide bonds. The average Bonchev–Trinajstić information content (AvgIpc) is 2.46. The highest BCUT2D eigenvalue weighted by Gasteiger charge is 2.01. The van der Waals surface area contributed by atoms with Crippen LogP contribution in [-0.2, 0) is 0 Å². The van der Waals surface area contributed by atoms with Gasteiger partial charge in [0.2, 0.25) is 0 Å². The molecule has 120 valence electrons. The minimum atomic E-state index is 0.919. The largest absolute Gasteiger partial charge is 0.357 e. The molecule has 0 spiro atoms. The van der Waals surface area contributed by atoms with Gasteiger partial charge in [-0.25, -0.2) is 0 Å². The van der Waals surface area contributed by atoms with Gasteiger partial charge in [-0.3, -0.25) is 4.99 Å². The van der Waals surface area contributed by atoms with Crippen LogP contribution in [0.5, 0.6) is 0 Å². The van der Waals surface area contributed by atoms with Gasteiger partial charge in [0.1, 0.15) is 0 Å². The zero-order chi connectivity index (χ0) is 15.1. The zero-order valence-corrected chi connectivity index (χ0v) is 14.7. The van der Waals surface area contributed by atoms with Gasteiger partial charge in [-0.2, -0.15) is 11.8 Å². The van der Waals surface area contributed by atoms with E-state index in [2.05, 4.69) is 47.6 Å². The van der Waals surface area contributed by atoms with E-state index in [0.29, 0.717) is 0 Å². The van der Waals surface area contributed by atoms with Crippen LogP contribution in [0.1, 0.15) is 40.0 Å². The molecule has 0 rings (SSSR count). The van der Waals surface area contributed by atoms with Crippen molar-refractivity contribution in [2.75, 3.05) is 51.3 Å². The van der Waals surface area contributed by atoms with E-state index in [0.717, 1.165) is 38.7 Å². The van der Waals surface area contributed by atoms with Crippen molar-refractivity contribution >= 4 is 17.7 Å². The molecule has 0 heterocycles. The summed E-state index contributed by atoms with van der Waals surface area (Å²) < 4.78 is 0. The molecule has 20 heavy (non-hydrogen) atoms. The molecule has 0 aliphatic rings. The Morgan fingerprint density at radius 1 is 1.10 bits per heavy atom. The summed E-state index contributed by atoms with van der Waals surface area (Å²) in [5.74, 6) is 2.20. The summed E-state index contributed by atoms with van der Waals surface area (Å²) in [4.78, 5) is 7.09. The highest BCUT2D eigenvalue weighted by molar-refractivity contribution is 7.98. The Kier molecular flexibility index (Phi) is 14.7. The van der Waals surface area contributed by atoms with Crippen molar-refractivity contribution in [2.24, 2.45) is 4.99 Å². The summed E-state index contributed by atoms with van der Waals surface area (Å²) in [5.41, 5.74) is 0. The monoisotopic (exact) mass is 302 g/mol. The molecular formula is C15H34N4S. The summed E-state index contributed by atoms with van der Waals surface area (Å²) >= 11 is 1.91. The Labute approximate surface area is 130 Å². The number of aliphatic imine (C=N–C) groups is 1. The van der Waals surface area contributed by atoms with Crippen molar-refractivity contribution in [2.45, 2.75) is 40.0 Å². The number of hydrogen-bond donors (Lipinski definition) is 2. The minimum absolute atomic E-state index is 0.919. The van der Waals surface area contributed by atoms with Gasteiger partial charge < -0.3 is 15.5 Å². The molecule has 0 aliphatic carbocycles. The molecule has 0 aromatic rings. The molecule has 0 fully saturated rings. The Balaban J connectivity index is 3.90. The molecule has 0 saturated heterocycles. The zero-order valence-electron chi connectivity index (χ0n) is 13.9. The van der Waals surface area contributed by atoms with Gasteiger partial charge in [0.15, 0.2) is 5.96 Å². The second-order valence-electron chi connectivity index (χ2n) is 4.82. The average molecular weight is 303 g/mol. The fourth-order valence-corrected chi connectivity index (χ4v) is 2.46. The molecule has 0 bridgehead atoms. The SMILES string of the molecule is CCCN(CC)CCNC(=NCCCCSC)NCC. The molecule has 0 saturated carbocycles. The Hall–Kier alpha value is -0.420. The first-order valence-electron chi connectivity index (χ1n) is 8.01. The lowest BCUT2D eigenvalue weighted by atomic mass is 10.3. The van der Waals surface area contributed by atoms with Crippen molar-refractivity contribution in [1.82, 2.24) is 15.5 Å². The Morgan fingerprint density at radius 2 is 1.90 bits per heavy atom. The molecule has 5 heteroatoms. The molecule has 4 nitrogen and oxygen atoms in total. The van der Waals surface area contributed by atoms with Gasteiger partial charge in [0.25, 0.3) is 0 Å². The van der Waals surface area contributed by atoms with E-state index in [4.69, 9.17) is 0 Å². The smallest absolute Gasteiger partial charge is 0.191 e. The van der Waals surface area contributed by atoms with Crippen LogP contribution in [0, 0.1) is 0 Å².